The van der Waals surface area contributed by atoms with Gasteiger partial charge in [-0.05, 0) is 49.6 Å². The van der Waals surface area contributed by atoms with Gasteiger partial charge in [-0.1, -0.05) is 43.9 Å². The van der Waals surface area contributed by atoms with Crippen LogP contribution in [0.15, 0.2) is 56.1 Å². The van der Waals surface area contributed by atoms with Crippen LogP contribution in [-0.4, -0.2) is 15.3 Å². The molecule has 6 heteroatoms. The van der Waals surface area contributed by atoms with E-state index in [0.29, 0.717) is 16.9 Å². The zero-order chi connectivity index (χ0) is 21.1. The summed E-state index contributed by atoms with van der Waals surface area (Å²) in [5.41, 5.74) is 2.65. The van der Waals surface area contributed by atoms with Gasteiger partial charge in [0, 0.05) is 17.0 Å². The topological polar surface area (TPSA) is 89.4 Å². The number of aromatic nitrogens is 2. The second-order valence-electron chi connectivity index (χ2n) is 7.56. The van der Waals surface area contributed by atoms with E-state index in [9.17, 15) is 9.90 Å². The minimum absolute atomic E-state index is 0.111. The third-order valence-corrected chi connectivity index (χ3v) is 5.15. The van der Waals surface area contributed by atoms with Crippen molar-refractivity contribution < 1.29 is 13.9 Å². The fourth-order valence-electron chi connectivity index (χ4n) is 3.52. The van der Waals surface area contributed by atoms with E-state index in [-0.39, 0.29) is 17.2 Å². The zero-order valence-electron chi connectivity index (χ0n) is 17.1. The van der Waals surface area contributed by atoms with Gasteiger partial charge < -0.3 is 13.9 Å². The molecule has 2 aromatic carbocycles. The third kappa shape index (κ3) is 4.13. The maximum Gasteiger partial charge on any atom is 0.349 e. The van der Waals surface area contributed by atoms with E-state index in [0.717, 1.165) is 42.4 Å². The summed E-state index contributed by atoms with van der Waals surface area (Å²) in [6, 6.07) is 12.8. The number of rotatable bonds is 7. The van der Waals surface area contributed by atoms with Gasteiger partial charge in [-0.3, -0.25) is 0 Å². The highest BCUT2D eigenvalue weighted by atomic mass is 16.4. The Hall–Kier alpha value is -3.41. The van der Waals surface area contributed by atoms with E-state index in [4.69, 9.17) is 8.83 Å². The van der Waals surface area contributed by atoms with Crippen molar-refractivity contribution >= 4 is 11.0 Å². The Balaban J connectivity index is 1.68. The highest BCUT2D eigenvalue weighted by molar-refractivity contribution is 5.82. The first kappa shape index (κ1) is 19.9. The average Bonchev–Trinajstić information content (AvgIpc) is 3.21. The first-order valence-corrected chi connectivity index (χ1v) is 10.3. The Labute approximate surface area is 174 Å². The summed E-state index contributed by atoms with van der Waals surface area (Å²) in [6.07, 6.45) is 5.22. The van der Waals surface area contributed by atoms with Gasteiger partial charge in [0.15, 0.2) is 0 Å². The number of hydrogen-bond acceptors (Lipinski definition) is 6. The molecule has 0 spiro atoms. The van der Waals surface area contributed by atoms with Gasteiger partial charge in [0.05, 0.1) is 0 Å². The van der Waals surface area contributed by atoms with Crippen LogP contribution in [0.5, 0.6) is 5.75 Å². The molecule has 0 saturated heterocycles. The van der Waals surface area contributed by atoms with E-state index in [1.165, 1.54) is 12.5 Å². The van der Waals surface area contributed by atoms with Crippen molar-refractivity contribution in [1.82, 2.24) is 10.2 Å². The molecule has 0 amide bonds. The average molecular weight is 404 g/mol. The van der Waals surface area contributed by atoms with Crippen molar-refractivity contribution in [2.75, 3.05) is 0 Å². The lowest BCUT2D eigenvalue weighted by atomic mass is 10.0. The van der Waals surface area contributed by atoms with E-state index in [1.54, 1.807) is 6.07 Å². The van der Waals surface area contributed by atoms with Gasteiger partial charge >= 0.3 is 5.63 Å². The van der Waals surface area contributed by atoms with Gasteiger partial charge in [-0.25, -0.2) is 4.79 Å². The maximum atomic E-state index is 12.5. The predicted molar refractivity (Wildman–Crippen MR) is 115 cm³/mol. The number of fused-ring (bicyclic) bond motifs is 1. The van der Waals surface area contributed by atoms with Crippen molar-refractivity contribution in [2.24, 2.45) is 0 Å². The van der Waals surface area contributed by atoms with Crippen LogP contribution in [0.3, 0.4) is 0 Å². The van der Waals surface area contributed by atoms with Gasteiger partial charge in [0.1, 0.15) is 16.9 Å². The molecule has 2 aromatic heterocycles. The van der Waals surface area contributed by atoms with Crippen LogP contribution < -0.4 is 5.63 Å². The van der Waals surface area contributed by atoms with Crippen molar-refractivity contribution in [3.8, 4) is 28.7 Å². The van der Waals surface area contributed by atoms with Gasteiger partial charge in [-0.15, -0.1) is 10.2 Å². The summed E-state index contributed by atoms with van der Waals surface area (Å²) in [5.74, 6) is 0.602. The van der Waals surface area contributed by atoms with Gasteiger partial charge in [0.2, 0.25) is 5.89 Å². The van der Waals surface area contributed by atoms with Gasteiger partial charge in [0.25, 0.3) is 5.89 Å². The highest BCUT2D eigenvalue weighted by Gasteiger charge is 2.17. The highest BCUT2D eigenvalue weighted by Crippen LogP contribution is 2.29. The lowest BCUT2D eigenvalue weighted by Crippen LogP contribution is -2.03. The van der Waals surface area contributed by atoms with Crippen LogP contribution in [0.4, 0.5) is 0 Å². The van der Waals surface area contributed by atoms with Crippen LogP contribution in [0, 0.1) is 6.92 Å². The number of aryl methyl sites for hydroxylation is 2. The molecule has 6 nitrogen and oxygen atoms in total. The second-order valence-corrected chi connectivity index (χ2v) is 7.56. The lowest BCUT2D eigenvalue weighted by Gasteiger charge is -2.07. The van der Waals surface area contributed by atoms with E-state index in [1.807, 2.05) is 37.3 Å². The fourth-order valence-corrected chi connectivity index (χ4v) is 3.52. The summed E-state index contributed by atoms with van der Waals surface area (Å²) >= 11 is 0. The summed E-state index contributed by atoms with van der Waals surface area (Å²) in [5, 5.41) is 19.1. The van der Waals surface area contributed by atoms with Crippen molar-refractivity contribution in [3.05, 3.63) is 64.0 Å². The monoisotopic (exact) mass is 404 g/mol. The normalized spacial score (nSPS) is 11.3. The first-order valence-electron chi connectivity index (χ1n) is 10.3. The number of aromatic hydroxyl groups is 1. The Kier molecular flexibility index (Phi) is 5.65. The Bertz CT molecular complexity index is 1240. The van der Waals surface area contributed by atoms with Gasteiger partial charge in [-0.2, -0.15) is 0 Å². The number of phenolic OH excluding ortho intramolecular Hbond substituents is 1. The minimum atomic E-state index is -0.586. The SMILES string of the molecule is CCCCCCc1cc2cc(-c3nnc(-c4cccc(C)c4)o3)c(=O)oc2cc1O. The van der Waals surface area contributed by atoms with E-state index >= 15 is 0 Å². The molecule has 0 saturated carbocycles. The molecule has 2 heterocycles. The van der Waals surface area contributed by atoms with E-state index < -0.39 is 5.63 Å². The molecule has 0 unspecified atom stereocenters. The number of unbranched alkanes of at least 4 members (excludes halogenated alkanes) is 3. The Morgan fingerprint density at radius 3 is 2.60 bits per heavy atom. The van der Waals surface area contributed by atoms with E-state index in [2.05, 4.69) is 17.1 Å². The van der Waals surface area contributed by atoms with Crippen LogP contribution in [0.25, 0.3) is 33.9 Å². The molecule has 0 radical (unpaired) electrons. The third-order valence-electron chi connectivity index (χ3n) is 5.15. The van der Waals surface area contributed by atoms with Crippen molar-refractivity contribution in [1.29, 1.82) is 0 Å². The van der Waals surface area contributed by atoms with Crippen LogP contribution >= 0.6 is 0 Å². The number of benzene rings is 2. The molecule has 0 fully saturated rings. The summed E-state index contributed by atoms with van der Waals surface area (Å²) in [7, 11) is 0. The minimum Gasteiger partial charge on any atom is -0.508 e. The Morgan fingerprint density at radius 1 is 0.967 bits per heavy atom. The van der Waals surface area contributed by atoms with Crippen LogP contribution in [0.2, 0.25) is 0 Å². The maximum absolute atomic E-state index is 12.5. The smallest absolute Gasteiger partial charge is 0.349 e. The molecule has 0 atom stereocenters. The predicted octanol–water partition coefficient (Wildman–Crippen LogP) is 5.65. The molecule has 30 heavy (non-hydrogen) atoms. The lowest BCUT2D eigenvalue weighted by molar-refractivity contribution is 0.464. The molecule has 4 aromatic rings. The quantitative estimate of drug-likeness (QED) is 0.316. The standard InChI is InChI=1S/C24H24N2O4/c1-3-4-5-6-9-16-12-18-13-19(24(28)29-21(18)14-20(16)27)23-26-25-22(30-23)17-10-7-8-15(2)11-17/h7-8,10-14,27H,3-6,9H2,1-2H3. The molecule has 0 bridgehead atoms. The molecule has 4 rings (SSSR count). The van der Waals surface area contributed by atoms with Crippen LogP contribution in [-0.2, 0) is 6.42 Å². The first-order chi connectivity index (χ1) is 14.5. The van der Waals surface area contributed by atoms with Crippen molar-refractivity contribution in [2.45, 2.75) is 46.0 Å². The number of nitrogens with zero attached hydrogens (tertiary/aromatic N) is 2. The fraction of sp³-hybridized carbons (Fsp3) is 0.292. The summed E-state index contributed by atoms with van der Waals surface area (Å²) < 4.78 is 11.2. The summed E-state index contributed by atoms with van der Waals surface area (Å²) in [6.45, 7) is 4.15. The second kappa shape index (κ2) is 8.53. The summed E-state index contributed by atoms with van der Waals surface area (Å²) in [4.78, 5) is 12.5. The number of phenols is 1. The molecular formula is C24H24N2O4. The largest absolute Gasteiger partial charge is 0.508 e. The molecule has 1 N–H and O–H groups in total. The molecule has 0 aliphatic rings. The molecule has 0 aliphatic carbocycles. The Morgan fingerprint density at radius 2 is 1.80 bits per heavy atom. The van der Waals surface area contributed by atoms with Crippen LogP contribution in [0.1, 0.15) is 43.7 Å². The number of hydrogen-bond donors (Lipinski definition) is 1. The zero-order valence-corrected chi connectivity index (χ0v) is 17.1. The molecule has 154 valence electrons. The molecular weight excluding hydrogens is 380 g/mol. The molecule has 0 aliphatic heterocycles. The van der Waals surface area contributed by atoms with Crippen molar-refractivity contribution in [3.63, 3.8) is 0 Å².